The first kappa shape index (κ1) is 13.2. The van der Waals surface area contributed by atoms with Gasteiger partial charge in [-0.25, -0.2) is 0 Å². The Morgan fingerprint density at radius 3 is 2.60 bits per heavy atom. The fraction of sp³-hybridized carbons (Fsp3) is 0.400. The summed E-state index contributed by atoms with van der Waals surface area (Å²) in [5, 5.41) is 0.137. The first-order chi connectivity index (χ1) is 9.50. The van der Waals surface area contributed by atoms with E-state index in [1.807, 2.05) is 0 Å². The number of halogens is 3. The van der Waals surface area contributed by atoms with E-state index in [1.54, 1.807) is 12.1 Å². The van der Waals surface area contributed by atoms with Crippen LogP contribution in [0.4, 0.5) is 13.2 Å². The Balaban J connectivity index is 2.38. The van der Waals surface area contributed by atoms with Crippen LogP contribution in [0.2, 0.25) is 0 Å². The van der Waals surface area contributed by atoms with Gasteiger partial charge in [-0.3, -0.25) is 4.98 Å². The molecular weight excluding hydrogens is 267 g/mol. The highest BCUT2D eigenvalue weighted by atomic mass is 19.4. The van der Waals surface area contributed by atoms with Crippen molar-refractivity contribution in [2.24, 2.45) is 0 Å². The first-order valence-electron chi connectivity index (χ1n) is 6.57. The van der Waals surface area contributed by atoms with Crippen LogP contribution in [0, 0.1) is 0 Å². The maximum Gasteiger partial charge on any atom is 0.417 e. The van der Waals surface area contributed by atoms with Crippen molar-refractivity contribution in [3.63, 3.8) is 0 Å². The Hall–Kier alpha value is -1.78. The average Bonchev–Trinajstić information content (AvgIpc) is 2.42. The van der Waals surface area contributed by atoms with Crippen LogP contribution in [0.1, 0.15) is 29.7 Å². The van der Waals surface area contributed by atoms with Gasteiger partial charge in [0, 0.05) is 11.1 Å². The van der Waals surface area contributed by atoms with Gasteiger partial charge < -0.3 is 4.74 Å². The number of aryl methyl sites for hydroxylation is 1. The SMILES string of the molecule is COc1ccc2nc3c(c(C(F)(F)F)c2c1)CCCC3. The molecule has 0 spiro atoms. The standard InChI is InChI=1S/C15H14F3NO/c1-20-9-6-7-13-11(8-9)14(15(16,17)18)10-4-2-3-5-12(10)19-13/h6-8H,2-5H2,1H3. The molecule has 0 amide bonds. The van der Waals surface area contributed by atoms with Crippen LogP contribution in [0.25, 0.3) is 10.9 Å². The van der Waals surface area contributed by atoms with Gasteiger partial charge in [-0.15, -0.1) is 0 Å². The highest BCUT2D eigenvalue weighted by Gasteiger charge is 2.37. The minimum absolute atomic E-state index is 0.137. The number of alkyl halides is 3. The number of hydrogen-bond acceptors (Lipinski definition) is 2. The lowest BCUT2D eigenvalue weighted by atomic mass is 9.89. The van der Waals surface area contributed by atoms with Gasteiger partial charge in [0.1, 0.15) is 5.75 Å². The highest BCUT2D eigenvalue weighted by molar-refractivity contribution is 5.86. The van der Waals surface area contributed by atoms with Crippen molar-refractivity contribution in [3.05, 3.63) is 35.0 Å². The largest absolute Gasteiger partial charge is 0.497 e. The minimum atomic E-state index is -4.37. The maximum atomic E-state index is 13.5. The Labute approximate surface area is 114 Å². The fourth-order valence-electron chi connectivity index (χ4n) is 2.85. The summed E-state index contributed by atoms with van der Waals surface area (Å²) in [6.45, 7) is 0. The third-order valence-corrected chi connectivity index (χ3v) is 3.75. The van der Waals surface area contributed by atoms with Gasteiger partial charge in [-0.1, -0.05) is 0 Å². The second-order valence-electron chi connectivity index (χ2n) is 5.00. The van der Waals surface area contributed by atoms with E-state index in [2.05, 4.69) is 4.98 Å². The lowest BCUT2D eigenvalue weighted by molar-refractivity contribution is -0.137. The molecule has 5 heteroatoms. The summed E-state index contributed by atoms with van der Waals surface area (Å²) in [6, 6.07) is 4.67. The molecule has 3 rings (SSSR count). The molecular formula is C15H14F3NO. The molecule has 1 heterocycles. The molecule has 2 nitrogen and oxygen atoms in total. The number of fused-ring (bicyclic) bond motifs is 2. The third kappa shape index (κ3) is 2.11. The molecule has 1 aliphatic carbocycles. The molecule has 0 saturated carbocycles. The summed E-state index contributed by atoms with van der Waals surface area (Å²) in [7, 11) is 1.44. The van der Waals surface area contributed by atoms with Crippen LogP contribution in [0.5, 0.6) is 5.75 Å². The van der Waals surface area contributed by atoms with E-state index in [4.69, 9.17) is 4.74 Å². The van der Waals surface area contributed by atoms with Crippen LogP contribution < -0.4 is 4.74 Å². The molecule has 0 N–H and O–H groups in total. The van der Waals surface area contributed by atoms with Crippen LogP contribution in [-0.2, 0) is 19.0 Å². The number of pyridine rings is 1. The lowest BCUT2D eigenvalue weighted by Crippen LogP contribution is -2.16. The van der Waals surface area contributed by atoms with Gasteiger partial charge in [-0.2, -0.15) is 13.2 Å². The maximum absolute atomic E-state index is 13.5. The van der Waals surface area contributed by atoms with Crippen molar-refractivity contribution in [1.29, 1.82) is 0 Å². The van der Waals surface area contributed by atoms with Crippen molar-refractivity contribution in [3.8, 4) is 5.75 Å². The number of aromatic nitrogens is 1. The molecule has 20 heavy (non-hydrogen) atoms. The number of methoxy groups -OCH3 is 1. The van der Waals surface area contributed by atoms with Gasteiger partial charge in [0.05, 0.1) is 18.2 Å². The van der Waals surface area contributed by atoms with Gasteiger partial charge in [0.25, 0.3) is 0 Å². The fourth-order valence-corrected chi connectivity index (χ4v) is 2.85. The predicted octanol–water partition coefficient (Wildman–Crippen LogP) is 4.14. The molecule has 106 valence electrons. The van der Waals surface area contributed by atoms with Crippen molar-refractivity contribution < 1.29 is 17.9 Å². The van der Waals surface area contributed by atoms with E-state index in [0.717, 1.165) is 12.8 Å². The Bertz CT molecular complexity index is 664. The molecule has 1 aromatic carbocycles. The van der Waals surface area contributed by atoms with Crippen molar-refractivity contribution >= 4 is 10.9 Å². The van der Waals surface area contributed by atoms with Crippen molar-refractivity contribution in [2.45, 2.75) is 31.9 Å². The predicted molar refractivity (Wildman–Crippen MR) is 69.9 cm³/mol. The highest BCUT2D eigenvalue weighted by Crippen LogP contribution is 2.41. The first-order valence-corrected chi connectivity index (χ1v) is 6.57. The number of ether oxygens (including phenoxy) is 1. The summed E-state index contributed by atoms with van der Waals surface area (Å²) >= 11 is 0. The normalized spacial score (nSPS) is 15.2. The molecule has 2 aromatic rings. The minimum Gasteiger partial charge on any atom is -0.497 e. The zero-order valence-electron chi connectivity index (χ0n) is 11.0. The molecule has 0 saturated heterocycles. The Morgan fingerprint density at radius 1 is 1.15 bits per heavy atom. The number of nitrogens with zero attached hydrogens (tertiary/aromatic N) is 1. The zero-order chi connectivity index (χ0) is 14.3. The van der Waals surface area contributed by atoms with Crippen LogP contribution in [0.15, 0.2) is 18.2 Å². The second-order valence-corrected chi connectivity index (χ2v) is 5.00. The summed E-state index contributed by atoms with van der Waals surface area (Å²) < 4.78 is 45.5. The molecule has 1 aliphatic rings. The van der Waals surface area contributed by atoms with Gasteiger partial charge in [0.15, 0.2) is 0 Å². The van der Waals surface area contributed by atoms with Crippen molar-refractivity contribution in [1.82, 2.24) is 4.98 Å². The smallest absolute Gasteiger partial charge is 0.417 e. The molecule has 0 atom stereocenters. The lowest BCUT2D eigenvalue weighted by Gasteiger charge is -2.22. The molecule has 0 aliphatic heterocycles. The topological polar surface area (TPSA) is 22.1 Å². The van der Waals surface area contributed by atoms with E-state index in [-0.39, 0.29) is 5.39 Å². The Morgan fingerprint density at radius 2 is 1.90 bits per heavy atom. The van der Waals surface area contributed by atoms with Gasteiger partial charge in [-0.05, 0) is 49.4 Å². The quantitative estimate of drug-likeness (QED) is 0.783. The summed E-state index contributed by atoms with van der Waals surface area (Å²) in [4.78, 5) is 4.41. The molecule has 0 bridgehead atoms. The number of hydrogen-bond donors (Lipinski definition) is 0. The monoisotopic (exact) mass is 281 g/mol. The molecule has 0 radical (unpaired) electrons. The summed E-state index contributed by atoms with van der Waals surface area (Å²) in [5.41, 5.74) is 0.820. The van der Waals surface area contributed by atoms with E-state index in [0.29, 0.717) is 35.4 Å². The van der Waals surface area contributed by atoms with E-state index < -0.39 is 11.7 Å². The average molecular weight is 281 g/mol. The van der Waals surface area contributed by atoms with Crippen LogP contribution >= 0.6 is 0 Å². The molecule has 1 aromatic heterocycles. The number of benzene rings is 1. The van der Waals surface area contributed by atoms with Gasteiger partial charge >= 0.3 is 6.18 Å². The van der Waals surface area contributed by atoms with E-state index >= 15 is 0 Å². The van der Waals surface area contributed by atoms with E-state index in [9.17, 15) is 13.2 Å². The molecule has 0 unspecified atom stereocenters. The zero-order valence-corrected chi connectivity index (χ0v) is 11.0. The summed E-state index contributed by atoms with van der Waals surface area (Å²) in [6.07, 6.45) is -1.61. The Kier molecular flexibility index (Phi) is 3.07. The second kappa shape index (κ2) is 4.65. The number of rotatable bonds is 1. The van der Waals surface area contributed by atoms with Crippen molar-refractivity contribution in [2.75, 3.05) is 7.11 Å². The van der Waals surface area contributed by atoms with Gasteiger partial charge in [0.2, 0.25) is 0 Å². The molecule has 0 fully saturated rings. The van der Waals surface area contributed by atoms with Crippen LogP contribution in [-0.4, -0.2) is 12.1 Å². The third-order valence-electron chi connectivity index (χ3n) is 3.75. The van der Waals surface area contributed by atoms with E-state index in [1.165, 1.54) is 13.2 Å². The summed E-state index contributed by atoms with van der Waals surface area (Å²) in [5.74, 6) is 0.417. The van der Waals surface area contributed by atoms with Crippen LogP contribution in [0.3, 0.4) is 0 Å².